The summed E-state index contributed by atoms with van der Waals surface area (Å²) < 4.78 is 0. The Morgan fingerprint density at radius 3 is 2.57 bits per heavy atom. The highest BCUT2D eigenvalue weighted by Crippen LogP contribution is 2.34. The molecule has 5 nitrogen and oxygen atoms in total. The van der Waals surface area contributed by atoms with Crippen molar-refractivity contribution in [1.29, 1.82) is 0 Å². The predicted octanol–water partition coefficient (Wildman–Crippen LogP) is 6.34. The zero-order valence-corrected chi connectivity index (χ0v) is 16.5. The molecule has 0 aliphatic carbocycles. The minimum absolute atomic E-state index is 0.149. The quantitative estimate of drug-likeness (QED) is 0.197. The molecule has 0 saturated heterocycles. The third-order valence-corrected chi connectivity index (χ3v) is 5.42. The summed E-state index contributed by atoms with van der Waals surface area (Å²) in [5.74, 6) is -0.358. The van der Waals surface area contributed by atoms with Gasteiger partial charge in [0.25, 0.3) is 5.69 Å². The normalized spacial score (nSPS) is 10.9. The van der Waals surface area contributed by atoms with Gasteiger partial charge < -0.3 is 0 Å². The second-order valence-electron chi connectivity index (χ2n) is 5.58. The molecule has 0 radical (unpaired) electrons. The molecular weight excluding hydrogens is 419 g/mol. The molecule has 3 rings (SSSR count). The first-order chi connectivity index (χ1) is 13.4. The van der Waals surface area contributed by atoms with Gasteiger partial charge in [0.2, 0.25) is 0 Å². The molecule has 0 amide bonds. The van der Waals surface area contributed by atoms with Gasteiger partial charge in [-0.15, -0.1) is 0 Å². The van der Waals surface area contributed by atoms with E-state index < -0.39 is 4.92 Å². The highest BCUT2D eigenvalue weighted by Gasteiger charge is 2.18. The van der Waals surface area contributed by atoms with Crippen LogP contribution < -0.4 is 0 Å². The monoisotopic (exact) mass is 430 g/mol. The summed E-state index contributed by atoms with van der Waals surface area (Å²) in [7, 11) is 0. The number of hydrogen-bond acceptors (Lipinski definition) is 5. The summed E-state index contributed by atoms with van der Waals surface area (Å²) in [5, 5.41) is 12.9. The average molecular weight is 431 g/mol. The number of nitrogens with zero attached hydrogens (tertiary/aromatic N) is 2. The van der Waals surface area contributed by atoms with E-state index in [1.54, 1.807) is 60.8 Å². The minimum Gasteiger partial charge on any atom is -0.289 e. The van der Waals surface area contributed by atoms with Gasteiger partial charge in [0.05, 0.1) is 19.9 Å². The number of halogens is 2. The lowest BCUT2D eigenvalue weighted by atomic mass is 10.1. The van der Waals surface area contributed by atoms with Gasteiger partial charge in [0.15, 0.2) is 5.78 Å². The van der Waals surface area contributed by atoms with E-state index in [9.17, 15) is 14.9 Å². The van der Waals surface area contributed by atoms with Crippen LogP contribution >= 0.6 is 35.0 Å². The zero-order valence-electron chi connectivity index (χ0n) is 14.2. The second kappa shape index (κ2) is 9.01. The van der Waals surface area contributed by atoms with E-state index in [0.29, 0.717) is 25.5 Å². The molecule has 0 N–H and O–H groups in total. The first kappa shape index (κ1) is 20.1. The lowest BCUT2D eigenvalue weighted by molar-refractivity contribution is -0.387. The maximum Gasteiger partial charge on any atom is 0.284 e. The first-order valence-electron chi connectivity index (χ1n) is 7.99. The SMILES string of the molecule is O=C(C=Cc1ccc(Cl)c(Cl)c1)c1ccc(Sc2ccccn2)c([N+](=O)[O-])c1. The number of ketones is 1. The van der Waals surface area contributed by atoms with E-state index in [0.717, 1.165) is 0 Å². The standard InChI is InChI=1S/C20H12Cl2N2O3S/c21-15-7-4-13(11-16(15)22)5-8-18(25)14-6-9-19(17(12-14)24(26)27)28-20-3-1-2-10-23-20/h1-12H. The number of nitro benzene ring substituents is 1. The minimum atomic E-state index is -0.509. The maximum absolute atomic E-state index is 12.4. The van der Waals surface area contributed by atoms with Crippen molar-refractivity contribution >= 4 is 52.5 Å². The largest absolute Gasteiger partial charge is 0.289 e. The fourth-order valence-corrected chi connectivity index (χ4v) is 3.47. The van der Waals surface area contributed by atoms with E-state index in [1.165, 1.54) is 23.9 Å². The van der Waals surface area contributed by atoms with Crippen molar-refractivity contribution in [2.24, 2.45) is 0 Å². The summed E-state index contributed by atoms with van der Waals surface area (Å²) >= 11 is 13.0. The lowest BCUT2D eigenvalue weighted by Gasteiger charge is -2.04. The molecule has 0 aliphatic rings. The second-order valence-corrected chi connectivity index (χ2v) is 7.46. The van der Waals surface area contributed by atoms with Crippen LogP contribution in [0.1, 0.15) is 15.9 Å². The van der Waals surface area contributed by atoms with Crippen LogP contribution in [0.4, 0.5) is 5.69 Å². The number of pyridine rings is 1. The van der Waals surface area contributed by atoms with Crippen LogP contribution in [0, 0.1) is 10.1 Å². The Balaban J connectivity index is 1.84. The Morgan fingerprint density at radius 1 is 1.07 bits per heavy atom. The number of allylic oxidation sites excluding steroid dienone is 1. The van der Waals surface area contributed by atoms with Crippen molar-refractivity contribution in [2.75, 3.05) is 0 Å². The number of carbonyl (C=O) groups excluding carboxylic acids is 1. The van der Waals surface area contributed by atoms with E-state index in [2.05, 4.69) is 4.98 Å². The topological polar surface area (TPSA) is 73.1 Å². The summed E-state index contributed by atoms with van der Waals surface area (Å²) in [4.78, 5) is 27.9. The number of hydrogen-bond donors (Lipinski definition) is 0. The van der Waals surface area contributed by atoms with Gasteiger partial charge in [-0.1, -0.05) is 53.2 Å². The molecule has 2 aromatic carbocycles. The van der Waals surface area contributed by atoms with E-state index in [4.69, 9.17) is 23.2 Å². The zero-order chi connectivity index (χ0) is 20.1. The summed E-state index contributed by atoms with van der Waals surface area (Å²) in [6.45, 7) is 0. The molecular formula is C20H12Cl2N2O3S. The highest BCUT2D eigenvalue weighted by atomic mass is 35.5. The van der Waals surface area contributed by atoms with Crippen LogP contribution in [0.5, 0.6) is 0 Å². The molecule has 0 spiro atoms. The van der Waals surface area contributed by atoms with E-state index in [1.807, 2.05) is 0 Å². The van der Waals surface area contributed by atoms with Crippen molar-refractivity contribution in [3.63, 3.8) is 0 Å². The third kappa shape index (κ3) is 4.98. The molecule has 28 heavy (non-hydrogen) atoms. The van der Waals surface area contributed by atoms with Crippen LogP contribution in [0.25, 0.3) is 6.08 Å². The van der Waals surface area contributed by atoms with Crippen molar-refractivity contribution in [3.05, 3.63) is 98.2 Å². The average Bonchev–Trinajstić information content (AvgIpc) is 2.69. The fraction of sp³-hybridized carbons (Fsp3) is 0. The van der Waals surface area contributed by atoms with Crippen LogP contribution in [0.3, 0.4) is 0 Å². The number of benzene rings is 2. The van der Waals surface area contributed by atoms with Gasteiger partial charge in [-0.25, -0.2) is 4.98 Å². The molecule has 0 bridgehead atoms. The lowest BCUT2D eigenvalue weighted by Crippen LogP contribution is -1.98. The van der Waals surface area contributed by atoms with Crippen molar-refractivity contribution in [3.8, 4) is 0 Å². The Morgan fingerprint density at radius 2 is 1.89 bits per heavy atom. The summed E-state index contributed by atoms with van der Waals surface area (Å²) in [6, 6.07) is 14.7. The van der Waals surface area contributed by atoms with Gasteiger partial charge in [0.1, 0.15) is 5.03 Å². The summed E-state index contributed by atoms with van der Waals surface area (Å²) in [6.07, 6.45) is 4.52. The van der Waals surface area contributed by atoms with Crippen molar-refractivity contribution < 1.29 is 9.72 Å². The first-order valence-corrected chi connectivity index (χ1v) is 9.56. The van der Waals surface area contributed by atoms with Gasteiger partial charge in [-0.2, -0.15) is 0 Å². The third-order valence-electron chi connectivity index (χ3n) is 3.66. The molecule has 0 fully saturated rings. The maximum atomic E-state index is 12.4. The smallest absolute Gasteiger partial charge is 0.284 e. The van der Waals surface area contributed by atoms with Crippen LogP contribution in [0.15, 0.2) is 76.8 Å². The Labute approximate surface area is 175 Å². The Hall–Kier alpha value is -2.67. The fourth-order valence-electron chi connectivity index (χ4n) is 2.30. The van der Waals surface area contributed by atoms with Crippen LogP contribution in [-0.2, 0) is 0 Å². The number of aromatic nitrogens is 1. The van der Waals surface area contributed by atoms with Gasteiger partial charge >= 0.3 is 0 Å². The molecule has 3 aromatic rings. The van der Waals surface area contributed by atoms with E-state index in [-0.39, 0.29) is 17.0 Å². The van der Waals surface area contributed by atoms with Gasteiger partial charge in [0, 0.05) is 17.8 Å². The van der Waals surface area contributed by atoms with Crippen molar-refractivity contribution in [2.45, 2.75) is 9.92 Å². The molecule has 1 heterocycles. The predicted molar refractivity (Wildman–Crippen MR) is 111 cm³/mol. The Kier molecular flexibility index (Phi) is 6.46. The van der Waals surface area contributed by atoms with E-state index >= 15 is 0 Å². The number of carbonyl (C=O) groups is 1. The van der Waals surface area contributed by atoms with Gasteiger partial charge in [-0.3, -0.25) is 14.9 Å². The molecule has 0 aliphatic heterocycles. The molecule has 0 saturated carbocycles. The van der Waals surface area contributed by atoms with Gasteiger partial charge in [-0.05, 0) is 48.0 Å². The van der Waals surface area contributed by atoms with Crippen LogP contribution in [-0.4, -0.2) is 15.7 Å². The highest BCUT2D eigenvalue weighted by molar-refractivity contribution is 7.99. The molecule has 1 aromatic heterocycles. The van der Waals surface area contributed by atoms with Crippen LogP contribution in [0.2, 0.25) is 10.0 Å². The number of rotatable bonds is 6. The molecule has 0 atom stereocenters. The molecule has 140 valence electrons. The van der Waals surface area contributed by atoms with Crippen molar-refractivity contribution in [1.82, 2.24) is 4.98 Å². The molecule has 8 heteroatoms. The Bertz CT molecular complexity index is 1070. The number of nitro groups is 1. The molecule has 0 unspecified atom stereocenters. The summed E-state index contributed by atoms with van der Waals surface area (Å²) in [5.41, 5.74) is 0.761.